The van der Waals surface area contributed by atoms with Gasteiger partial charge in [-0.2, -0.15) is 0 Å². The molecule has 3 unspecified atom stereocenters. The molecule has 1 aliphatic heterocycles. The SMILES string of the molecule is C=C1PC(NC(C)c2cccc(NC(=O)c3cnc4c(c3)CCC4)c2)C=N/C1=C/C. The van der Waals surface area contributed by atoms with Crippen LogP contribution >= 0.6 is 8.58 Å². The summed E-state index contributed by atoms with van der Waals surface area (Å²) in [5, 5.41) is 7.70. The minimum absolute atomic E-state index is 0.118. The number of aromatic nitrogens is 1. The van der Waals surface area contributed by atoms with Gasteiger partial charge in [0.25, 0.3) is 5.91 Å². The van der Waals surface area contributed by atoms with Gasteiger partial charge < -0.3 is 5.32 Å². The van der Waals surface area contributed by atoms with E-state index in [-0.39, 0.29) is 17.7 Å². The zero-order valence-electron chi connectivity index (χ0n) is 17.4. The minimum Gasteiger partial charge on any atom is -0.322 e. The summed E-state index contributed by atoms with van der Waals surface area (Å²) < 4.78 is 0. The number of aliphatic imine (C=N–C) groups is 1. The Hall–Kier alpha value is -2.62. The van der Waals surface area contributed by atoms with E-state index in [1.165, 1.54) is 5.56 Å². The zero-order chi connectivity index (χ0) is 21.1. The molecule has 30 heavy (non-hydrogen) atoms. The number of nitrogens with zero attached hydrogens (tertiary/aromatic N) is 2. The number of amides is 1. The second-order valence-corrected chi connectivity index (χ2v) is 9.22. The lowest BCUT2D eigenvalue weighted by Gasteiger charge is -2.25. The number of allylic oxidation sites excluding steroid dienone is 2. The highest BCUT2D eigenvalue weighted by molar-refractivity contribution is 7.45. The molecule has 6 heteroatoms. The van der Waals surface area contributed by atoms with Gasteiger partial charge in [-0.1, -0.05) is 33.4 Å². The molecule has 0 radical (unpaired) electrons. The number of fused-ring (bicyclic) bond motifs is 1. The van der Waals surface area contributed by atoms with Crippen LogP contribution in [0.15, 0.2) is 65.2 Å². The molecule has 154 valence electrons. The van der Waals surface area contributed by atoms with Crippen molar-refractivity contribution < 1.29 is 4.79 Å². The smallest absolute Gasteiger partial charge is 0.257 e. The number of aryl methyl sites for hydroxylation is 2. The standard InChI is InChI=1S/C24H27N4OP/c1-4-21-16(3)30-23(14-26-21)27-15(2)17-7-5-9-20(12-17)28-24(29)19-11-18-8-6-10-22(18)25-13-19/h4-5,7,9,11-15,23,27,30H,3,6,8,10H2,1-2H3,(H,28,29)/b21-4+. The fourth-order valence-corrected chi connectivity index (χ4v) is 5.08. The van der Waals surface area contributed by atoms with Gasteiger partial charge >= 0.3 is 0 Å². The second-order valence-electron chi connectivity index (χ2n) is 7.70. The van der Waals surface area contributed by atoms with Gasteiger partial charge in [-0.15, -0.1) is 0 Å². The molecule has 5 nitrogen and oxygen atoms in total. The predicted molar refractivity (Wildman–Crippen MR) is 126 cm³/mol. The van der Waals surface area contributed by atoms with Gasteiger partial charge in [0.05, 0.1) is 17.0 Å². The Bertz CT molecular complexity index is 1040. The van der Waals surface area contributed by atoms with Gasteiger partial charge in [0, 0.05) is 29.8 Å². The summed E-state index contributed by atoms with van der Waals surface area (Å²) in [6, 6.07) is 10.1. The number of carbonyl (C=O) groups is 1. The van der Waals surface area contributed by atoms with E-state index < -0.39 is 0 Å². The third kappa shape index (κ3) is 4.58. The van der Waals surface area contributed by atoms with Gasteiger partial charge in [0.2, 0.25) is 0 Å². The Morgan fingerprint density at radius 1 is 1.33 bits per heavy atom. The van der Waals surface area contributed by atoms with Gasteiger partial charge in [-0.05, 0) is 67.8 Å². The number of nitrogens with one attached hydrogen (secondary N) is 2. The maximum Gasteiger partial charge on any atom is 0.257 e. The summed E-state index contributed by atoms with van der Waals surface area (Å²) >= 11 is 0. The van der Waals surface area contributed by atoms with Crippen LogP contribution in [-0.4, -0.2) is 22.9 Å². The highest BCUT2D eigenvalue weighted by atomic mass is 31.1. The first-order valence-electron chi connectivity index (χ1n) is 10.3. The van der Waals surface area contributed by atoms with Crippen LogP contribution < -0.4 is 10.6 Å². The summed E-state index contributed by atoms with van der Waals surface area (Å²) in [5.41, 5.74) is 5.82. The van der Waals surface area contributed by atoms with E-state index >= 15 is 0 Å². The topological polar surface area (TPSA) is 66.4 Å². The molecule has 2 aromatic rings. The zero-order valence-corrected chi connectivity index (χ0v) is 18.4. The molecule has 0 saturated carbocycles. The highest BCUT2D eigenvalue weighted by Gasteiger charge is 2.19. The molecule has 1 aliphatic carbocycles. The van der Waals surface area contributed by atoms with E-state index in [0.717, 1.165) is 47.2 Å². The number of hydrogen-bond donors (Lipinski definition) is 2. The van der Waals surface area contributed by atoms with E-state index in [9.17, 15) is 4.79 Å². The van der Waals surface area contributed by atoms with Crippen molar-refractivity contribution in [2.75, 3.05) is 5.32 Å². The number of pyridine rings is 1. The lowest BCUT2D eigenvalue weighted by molar-refractivity contribution is 0.102. The van der Waals surface area contributed by atoms with Crippen LogP contribution in [0.1, 0.15) is 53.5 Å². The number of hydrogen-bond acceptors (Lipinski definition) is 4. The van der Waals surface area contributed by atoms with Gasteiger partial charge in [0.15, 0.2) is 0 Å². The molecule has 1 amide bonds. The molecule has 2 N–H and O–H groups in total. The van der Waals surface area contributed by atoms with Crippen LogP contribution in [0.25, 0.3) is 0 Å². The molecule has 0 spiro atoms. The van der Waals surface area contributed by atoms with Crippen molar-refractivity contribution in [1.82, 2.24) is 10.3 Å². The Kier molecular flexibility index (Phi) is 6.21. The minimum atomic E-state index is -0.119. The van der Waals surface area contributed by atoms with Crippen molar-refractivity contribution >= 4 is 26.4 Å². The monoisotopic (exact) mass is 418 g/mol. The van der Waals surface area contributed by atoms with Gasteiger partial charge in [-0.3, -0.25) is 20.1 Å². The first-order chi connectivity index (χ1) is 14.5. The molecule has 1 aromatic carbocycles. The van der Waals surface area contributed by atoms with Crippen LogP contribution in [-0.2, 0) is 12.8 Å². The first kappa shape index (κ1) is 20.6. The number of carbonyl (C=O) groups excluding carboxylic acids is 1. The van der Waals surface area contributed by atoms with E-state index in [1.54, 1.807) is 6.20 Å². The number of anilines is 1. The van der Waals surface area contributed by atoms with Crippen molar-refractivity contribution in [3.8, 4) is 0 Å². The maximum atomic E-state index is 12.7. The maximum absolute atomic E-state index is 12.7. The van der Waals surface area contributed by atoms with E-state index in [0.29, 0.717) is 14.1 Å². The Morgan fingerprint density at radius 2 is 2.20 bits per heavy atom. The average Bonchev–Trinajstić information content (AvgIpc) is 3.22. The predicted octanol–water partition coefficient (Wildman–Crippen LogP) is 4.98. The highest BCUT2D eigenvalue weighted by Crippen LogP contribution is 2.36. The molecule has 1 aromatic heterocycles. The molecule has 0 saturated heterocycles. The first-order valence-corrected chi connectivity index (χ1v) is 11.4. The van der Waals surface area contributed by atoms with Crippen molar-refractivity contribution in [2.45, 2.75) is 44.9 Å². The normalized spacial score (nSPS) is 21.1. The van der Waals surface area contributed by atoms with Crippen LogP contribution in [0, 0.1) is 0 Å². The number of benzene rings is 1. The average molecular weight is 418 g/mol. The third-order valence-corrected chi connectivity index (χ3v) is 6.76. The molecule has 2 aliphatic rings. The van der Waals surface area contributed by atoms with Gasteiger partial charge in [-0.25, -0.2) is 0 Å². The molecule has 3 atom stereocenters. The van der Waals surface area contributed by atoms with Crippen molar-refractivity contribution in [1.29, 1.82) is 0 Å². The Morgan fingerprint density at radius 3 is 3.00 bits per heavy atom. The molecule has 0 fully saturated rings. The lowest BCUT2D eigenvalue weighted by atomic mass is 10.1. The van der Waals surface area contributed by atoms with Crippen molar-refractivity contribution in [3.63, 3.8) is 0 Å². The van der Waals surface area contributed by atoms with Gasteiger partial charge in [0.1, 0.15) is 0 Å². The lowest BCUT2D eigenvalue weighted by Crippen LogP contribution is -2.30. The molecule has 0 bridgehead atoms. The summed E-state index contributed by atoms with van der Waals surface area (Å²) in [6.45, 7) is 8.24. The fraction of sp³-hybridized carbons (Fsp3) is 0.292. The number of rotatable bonds is 5. The van der Waals surface area contributed by atoms with E-state index in [1.807, 2.05) is 43.5 Å². The van der Waals surface area contributed by atoms with Crippen LogP contribution in [0.2, 0.25) is 0 Å². The summed E-state index contributed by atoms with van der Waals surface area (Å²) in [4.78, 5) is 21.7. The largest absolute Gasteiger partial charge is 0.322 e. The van der Waals surface area contributed by atoms with Crippen molar-refractivity contribution in [2.24, 2.45) is 4.99 Å². The summed E-state index contributed by atoms with van der Waals surface area (Å²) in [6.07, 6.45) is 8.79. The second kappa shape index (κ2) is 9.03. The molecule has 2 heterocycles. The van der Waals surface area contributed by atoms with Crippen LogP contribution in [0.4, 0.5) is 5.69 Å². The molecular formula is C24H27N4OP. The summed E-state index contributed by atoms with van der Waals surface area (Å²) in [7, 11) is 0.569. The Balaban J connectivity index is 1.42. The van der Waals surface area contributed by atoms with E-state index in [4.69, 9.17) is 0 Å². The van der Waals surface area contributed by atoms with E-state index in [2.05, 4.69) is 40.2 Å². The molecular weight excluding hydrogens is 391 g/mol. The van der Waals surface area contributed by atoms with Crippen LogP contribution in [0.3, 0.4) is 0 Å². The fourth-order valence-electron chi connectivity index (χ4n) is 3.87. The Labute approximate surface area is 179 Å². The quantitative estimate of drug-likeness (QED) is 0.673. The van der Waals surface area contributed by atoms with Crippen molar-refractivity contribution in [3.05, 3.63) is 82.6 Å². The van der Waals surface area contributed by atoms with Crippen LogP contribution in [0.5, 0.6) is 0 Å². The molecule has 4 rings (SSSR count). The third-order valence-electron chi connectivity index (χ3n) is 5.53. The summed E-state index contributed by atoms with van der Waals surface area (Å²) in [5.74, 6) is 0.0537.